The number of furan rings is 1. The number of hydrogen-bond acceptors (Lipinski definition) is 2. The molecule has 0 fully saturated rings. The van der Waals surface area contributed by atoms with Crippen molar-refractivity contribution >= 4 is 39.8 Å². The molecule has 0 aliphatic carbocycles. The van der Waals surface area contributed by atoms with Crippen LogP contribution in [-0.2, 0) is 0 Å². The number of hydrogen-bond donors (Lipinski definition) is 1. The number of fused-ring (bicyclic) bond motifs is 3. The number of allylic oxidation sites excluding steroid dienone is 1. The van der Waals surface area contributed by atoms with Gasteiger partial charge in [0.2, 0.25) is 0 Å². The maximum absolute atomic E-state index is 5.98. The molecule has 0 aliphatic rings. The summed E-state index contributed by atoms with van der Waals surface area (Å²) in [5.74, 6) is 0. The van der Waals surface area contributed by atoms with Crippen LogP contribution in [0.3, 0.4) is 0 Å². The van der Waals surface area contributed by atoms with Gasteiger partial charge in [-0.15, -0.1) is 0 Å². The van der Waals surface area contributed by atoms with E-state index in [1.807, 2.05) is 43.4 Å². The Kier molecular flexibility index (Phi) is 2.64. The van der Waals surface area contributed by atoms with Crippen LogP contribution in [0.25, 0.3) is 34.1 Å². The van der Waals surface area contributed by atoms with Gasteiger partial charge in [0.1, 0.15) is 11.2 Å². The zero-order valence-corrected chi connectivity index (χ0v) is 10.8. The third-order valence-corrected chi connectivity index (χ3v) is 3.29. The first kappa shape index (κ1) is 11.6. The van der Waals surface area contributed by atoms with Gasteiger partial charge < -0.3 is 10.2 Å². The van der Waals surface area contributed by atoms with E-state index >= 15 is 0 Å². The van der Waals surface area contributed by atoms with Gasteiger partial charge >= 0.3 is 0 Å². The van der Waals surface area contributed by atoms with Crippen LogP contribution < -0.4 is 5.73 Å². The molecular weight excluding hydrogens is 234 g/mol. The summed E-state index contributed by atoms with van der Waals surface area (Å²) >= 11 is 0. The van der Waals surface area contributed by atoms with Crippen LogP contribution in [0.2, 0.25) is 0 Å². The Bertz CT molecular complexity index is 809. The molecule has 0 spiro atoms. The molecule has 0 amide bonds. The molecule has 2 heteroatoms. The van der Waals surface area contributed by atoms with Crippen molar-refractivity contribution in [2.75, 3.05) is 5.73 Å². The van der Waals surface area contributed by atoms with E-state index in [1.54, 1.807) is 0 Å². The predicted molar refractivity (Wildman–Crippen MR) is 82.9 cm³/mol. The predicted octanol–water partition coefficient (Wildman–Crippen LogP) is 4.84. The first-order valence-corrected chi connectivity index (χ1v) is 6.24. The van der Waals surface area contributed by atoms with Crippen molar-refractivity contribution < 1.29 is 4.42 Å². The molecule has 3 rings (SSSR count). The van der Waals surface area contributed by atoms with E-state index in [0.717, 1.165) is 33.1 Å². The van der Waals surface area contributed by atoms with E-state index in [1.165, 1.54) is 0 Å². The lowest BCUT2D eigenvalue weighted by atomic mass is 10.0. The van der Waals surface area contributed by atoms with Gasteiger partial charge in [0.25, 0.3) is 0 Å². The molecule has 0 unspecified atom stereocenters. The summed E-state index contributed by atoms with van der Waals surface area (Å²) in [6, 6.07) is 9.90. The zero-order chi connectivity index (χ0) is 13.4. The molecule has 0 saturated carbocycles. The normalized spacial score (nSPS) is 11.6. The fraction of sp³-hybridized carbons (Fsp3) is 0.0588. The molecule has 2 aromatic carbocycles. The first-order valence-electron chi connectivity index (χ1n) is 6.24. The molecule has 0 saturated heterocycles. The van der Waals surface area contributed by atoms with Crippen molar-refractivity contribution in [3.8, 4) is 0 Å². The number of nitrogen functional groups attached to an aromatic ring is 1. The summed E-state index contributed by atoms with van der Waals surface area (Å²) in [5, 5.41) is 2.19. The Hall–Kier alpha value is -2.48. The number of anilines is 1. The Morgan fingerprint density at radius 2 is 1.95 bits per heavy atom. The van der Waals surface area contributed by atoms with Crippen LogP contribution in [0.1, 0.15) is 18.1 Å². The van der Waals surface area contributed by atoms with Crippen LogP contribution in [0.4, 0.5) is 5.69 Å². The maximum atomic E-state index is 5.98. The van der Waals surface area contributed by atoms with E-state index in [4.69, 9.17) is 10.2 Å². The highest BCUT2D eigenvalue weighted by Gasteiger charge is 2.11. The van der Waals surface area contributed by atoms with E-state index in [2.05, 4.69) is 18.7 Å². The van der Waals surface area contributed by atoms with Crippen LogP contribution >= 0.6 is 0 Å². The standard InChI is InChI=1S/C17H15NO/c1-3-5-13-11(4-2)6-8-15-14-9-7-12(18)10-16(14)19-17(13)15/h3-10H,2,18H2,1H3/b5-3-. The van der Waals surface area contributed by atoms with Gasteiger partial charge in [-0.2, -0.15) is 0 Å². The molecule has 1 heterocycles. The lowest BCUT2D eigenvalue weighted by molar-refractivity contribution is 0.668. The minimum absolute atomic E-state index is 0.711. The molecule has 19 heavy (non-hydrogen) atoms. The Morgan fingerprint density at radius 1 is 1.16 bits per heavy atom. The summed E-state index contributed by atoms with van der Waals surface area (Å²) < 4.78 is 5.98. The zero-order valence-electron chi connectivity index (χ0n) is 10.8. The topological polar surface area (TPSA) is 39.2 Å². The lowest BCUT2D eigenvalue weighted by Crippen LogP contribution is -1.81. The minimum atomic E-state index is 0.711. The Balaban J connectivity index is 2.48. The van der Waals surface area contributed by atoms with Crippen LogP contribution in [-0.4, -0.2) is 0 Å². The fourth-order valence-corrected chi connectivity index (χ4v) is 2.41. The van der Waals surface area contributed by atoms with Crippen molar-refractivity contribution in [1.29, 1.82) is 0 Å². The van der Waals surface area contributed by atoms with Crippen molar-refractivity contribution in [2.24, 2.45) is 0 Å². The van der Waals surface area contributed by atoms with E-state index in [9.17, 15) is 0 Å². The molecule has 2 N–H and O–H groups in total. The first-order chi connectivity index (χ1) is 9.24. The summed E-state index contributed by atoms with van der Waals surface area (Å²) in [4.78, 5) is 0. The molecule has 94 valence electrons. The quantitative estimate of drug-likeness (QED) is 0.660. The summed E-state index contributed by atoms with van der Waals surface area (Å²) in [6.07, 6.45) is 5.89. The SMILES string of the molecule is C=Cc1ccc2c(oc3cc(N)ccc32)c1/C=C\C. The van der Waals surface area contributed by atoms with Gasteiger partial charge in [-0.3, -0.25) is 0 Å². The number of benzene rings is 2. The largest absolute Gasteiger partial charge is 0.455 e. The molecule has 2 nitrogen and oxygen atoms in total. The second kappa shape index (κ2) is 4.32. The molecule has 0 atom stereocenters. The average Bonchev–Trinajstić information content (AvgIpc) is 2.77. The Labute approximate surface area is 111 Å². The van der Waals surface area contributed by atoms with Gasteiger partial charge in [-0.05, 0) is 30.7 Å². The number of nitrogens with two attached hydrogens (primary N) is 1. The minimum Gasteiger partial charge on any atom is -0.455 e. The van der Waals surface area contributed by atoms with Gasteiger partial charge in [-0.1, -0.05) is 30.9 Å². The highest BCUT2D eigenvalue weighted by atomic mass is 16.3. The summed E-state index contributed by atoms with van der Waals surface area (Å²) in [7, 11) is 0. The van der Waals surface area contributed by atoms with Gasteiger partial charge in [0, 0.05) is 28.1 Å². The van der Waals surface area contributed by atoms with Crippen molar-refractivity contribution in [2.45, 2.75) is 6.92 Å². The van der Waals surface area contributed by atoms with Crippen LogP contribution in [0.5, 0.6) is 0 Å². The maximum Gasteiger partial charge on any atom is 0.143 e. The van der Waals surface area contributed by atoms with Gasteiger partial charge in [0.15, 0.2) is 0 Å². The molecule has 0 radical (unpaired) electrons. The smallest absolute Gasteiger partial charge is 0.143 e. The molecule has 0 aliphatic heterocycles. The van der Waals surface area contributed by atoms with Gasteiger partial charge in [0.05, 0.1) is 0 Å². The fourth-order valence-electron chi connectivity index (χ4n) is 2.41. The number of rotatable bonds is 2. The molecule has 3 aromatic rings. The van der Waals surface area contributed by atoms with Crippen molar-refractivity contribution in [3.63, 3.8) is 0 Å². The highest BCUT2D eigenvalue weighted by molar-refractivity contribution is 6.08. The van der Waals surface area contributed by atoms with Gasteiger partial charge in [-0.25, -0.2) is 0 Å². The average molecular weight is 249 g/mol. The van der Waals surface area contributed by atoms with Crippen molar-refractivity contribution in [3.05, 3.63) is 54.1 Å². The third-order valence-electron chi connectivity index (χ3n) is 3.29. The van der Waals surface area contributed by atoms with E-state index in [0.29, 0.717) is 5.69 Å². The Morgan fingerprint density at radius 3 is 2.68 bits per heavy atom. The lowest BCUT2D eigenvalue weighted by Gasteiger charge is -2.01. The molecule has 1 aromatic heterocycles. The molecular formula is C17H15NO. The van der Waals surface area contributed by atoms with Crippen molar-refractivity contribution in [1.82, 2.24) is 0 Å². The van der Waals surface area contributed by atoms with E-state index in [-0.39, 0.29) is 0 Å². The summed E-state index contributed by atoms with van der Waals surface area (Å²) in [5.41, 5.74) is 10.4. The van der Waals surface area contributed by atoms with Crippen LogP contribution in [0, 0.1) is 0 Å². The monoisotopic (exact) mass is 249 g/mol. The second-order valence-corrected chi connectivity index (χ2v) is 4.51. The second-order valence-electron chi connectivity index (χ2n) is 4.51. The summed E-state index contributed by atoms with van der Waals surface area (Å²) in [6.45, 7) is 5.85. The highest BCUT2D eigenvalue weighted by Crippen LogP contribution is 2.34. The van der Waals surface area contributed by atoms with Crippen LogP contribution in [0.15, 0.2) is 47.4 Å². The van der Waals surface area contributed by atoms with E-state index < -0.39 is 0 Å². The molecule has 0 bridgehead atoms. The third kappa shape index (κ3) is 1.73.